The number of aryl methyl sites for hydroxylation is 1. The van der Waals surface area contributed by atoms with Gasteiger partial charge in [-0.05, 0) is 44.0 Å². The van der Waals surface area contributed by atoms with Crippen LogP contribution in [0.1, 0.15) is 4.88 Å². The van der Waals surface area contributed by atoms with Crippen molar-refractivity contribution in [3.05, 3.63) is 42.1 Å². The Hall–Kier alpha value is -0.990. The van der Waals surface area contributed by atoms with Crippen molar-refractivity contribution in [1.29, 1.82) is 0 Å². The molecule has 0 fully saturated rings. The number of fused-ring (bicyclic) bond motifs is 1. The molecule has 0 bridgehead atoms. The predicted octanol–water partition coefficient (Wildman–Crippen LogP) is 2.76. The second-order valence-corrected chi connectivity index (χ2v) is 7.30. The molecule has 0 N–H and O–H groups in total. The van der Waals surface area contributed by atoms with E-state index in [1.54, 1.807) is 34.0 Å². The molecule has 98 valence electrons. The molecule has 0 unspecified atom stereocenters. The van der Waals surface area contributed by atoms with Crippen LogP contribution in [0, 0.1) is 0 Å². The molecule has 3 heterocycles. The average molecular weight is 404 g/mol. The molecule has 0 aromatic carbocycles. The van der Waals surface area contributed by atoms with Crippen molar-refractivity contribution >= 4 is 54.2 Å². The maximum absolute atomic E-state index is 12.4. The van der Waals surface area contributed by atoms with Crippen molar-refractivity contribution in [3.8, 4) is 0 Å². The van der Waals surface area contributed by atoms with Crippen LogP contribution >= 0.6 is 43.2 Å². The highest BCUT2D eigenvalue weighted by Gasteiger charge is 2.13. The zero-order chi connectivity index (χ0) is 13.6. The zero-order valence-electron chi connectivity index (χ0n) is 9.80. The Kier molecular flexibility index (Phi) is 3.32. The summed E-state index contributed by atoms with van der Waals surface area (Å²) in [6.45, 7) is 0.513. The fraction of sp³-hybridized carbons (Fsp3) is 0.182. The third-order valence-corrected chi connectivity index (χ3v) is 4.89. The van der Waals surface area contributed by atoms with Gasteiger partial charge in [-0.25, -0.2) is 9.67 Å². The van der Waals surface area contributed by atoms with E-state index in [0.717, 1.165) is 8.66 Å². The highest BCUT2D eigenvalue weighted by Crippen LogP contribution is 2.23. The fourth-order valence-electron chi connectivity index (χ4n) is 1.85. The van der Waals surface area contributed by atoms with Crippen molar-refractivity contribution in [2.45, 2.75) is 6.54 Å². The normalized spacial score (nSPS) is 11.3. The maximum atomic E-state index is 12.4. The van der Waals surface area contributed by atoms with E-state index in [4.69, 9.17) is 0 Å². The van der Waals surface area contributed by atoms with Crippen molar-refractivity contribution < 1.29 is 0 Å². The quantitative estimate of drug-likeness (QED) is 0.661. The SMILES string of the molecule is Cn1nc(Br)c2c(=O)n(Cc3ccc(Br)s3)cnc21. The lowest BCUT2D eigenvalue weighted by Crippen LogP contribution is -2.20. The van der Waals surface area contributed by atoms with Gasteiger partial charge in [0.15, 0.2) is 5.65 Å². The summed E-state index contributed by atoms with van der Waals surface area (Å²) in [6, 6.07) is 3.96. The van der Waals surface area contributed by atoms with Crippen LogP contribution in [-0.2, 0) is 13.6 Å². The van der Waals surface area contributed by atoms with Gasteiger partial charge in [-0.3, -0.25) is 9.36 Å². The van der Waals surface area contributed by atoms with E-state index >= 15 is 0 Å². The molecule has 3 rings (SSSR count). The summed E-state index contributed by atoms with van der Waals surface area (Å²) in [4.78, 5) is 17.8. The zero-order valence-corrected chi connectivity index (χ0v) is 13.8. The summed E-state index contributed by atoms with van der Waals surface area (Å²) in [5, 5.41) is 4.67. The molecule has 0 spiro atoms. The summed E-state index contributed by atoms with van der Waals surface area (Å²) >= 11 is 8.32. The van der Waals surface area contributed by atoms with Crippen molar-refractivity contribution in [2.24, 2.45) is 7.05 Å². The number of aromatic nitrogens is 4. The van der Waals surface area contributed by atoms with Gasteiger partial charge in [-0.15, -0.1) is 11.3 Å². The van der Waals surface area contributed by atoms with Gasteiger partial charge in [0.1, 0.15) is 16.3 Å². The Morgan fingerprint density at radius 2 is 2.16 bits per heavy atom. The highest BCUT2D eigenvalue weighted by atomic mass is 79.9. The Bertz CT molecular complexity index is 820. The number of hydrogen-bond donors (Lipinski definition) is 0. The molecule has 8 heteroatoms. The molecule has 0 aliphatic carbocycles. The first-order valence-electron chi connectivity index (χ1n) is 5.38. The molecule has 3 aromatic heterocycles. The van der Waals surface area contributed by atoms with Gasteiger partial charge in [0.2, 0.25) is 0 Å². The van der Waals surface area contributed by atoms with Crippen LogP contribution in [0.3, 0.4) is 0 Å². The molecule has 3 aromatic rings. The van der Waals surface area contributed by atoms with Gasteiger partial charge in [-0.2, -0.15) is 5.10 Å². The van der Waals surface area contributed by atoms with Crippen molar-refractivity contribution in [2.75, 3.05) is 0 Å². The van der Waals surface area contributed by atoms with Crippen LogP contribution in [0.2, 0.25) is 0 Å². The minimum absolute atomic E-state index is 0.0884. The Balaban J connectivity index is 2.13. The Labute approximate surface area is 129 Å². The van der Waals surface area contributed by atoms with E-state index in [1.165, 1.54) is 0 Å². The van der Waals surface area contributed by atoms with E-state index in [1.807, 2.05) is 12.1 Å². The lowest BCUT2D eigenvalue weighted by Gasteiger charge is -2.03. The summed E-state index contributed by atoms with van der Waals surface area (Å²) in [5.41, 5.74) is 0.495. The monoisotopic (exact) mass is 402 g/mol. The van der Waals surface area contributed by atoms with Gasteiger partial charge < -0.3 is 0 Å². The van der Waals surface area contributed by atoms with Crippen LogP contribution in [0.15, 0.2) is 31.6 Å². The van der Waals surface area contributed by atoms with E-state index in [-0.39, 0.29) is 5.56 Å². The van der Waals surface area contributed by atoms with Crippen LogP contribution in [0.25, 0.3) is 11.0 Å². The molecule has 0 aliphatic rings. The Morgan fingerprint density at radius 1 is 1.37 bits per heavy atom. The van der Waals surface area contributed by atoms with Gasteiger partial charge in [-0.1, -0.05) is 0 Å². The average Bonchev–Trinajstić information content (AvgIpc) is 2.88. The molecule has 0 atom stereocenters. The van der Waals surface area contributed by atoms with Crippen LogP contribution in [0.5, 0.6) is 0 Å². The van der Waals surface area contributed by atoms with Crippen LogP contribution in [-0.4, -0.2) is 19.3 Å². The molecule has 19 heavy (non-hydrogen) atoms. The number of thiophene rings is 1. The van der Waals surface area contributed by atoms with Crippen LogP contribution < -0.4 is 5.56 Å². The summed E-state index contributed by atoms with van der Waals surface area (Å²) in [7, 11) is 1.76. The summed E-state index contributed by atoms with van der Waals surface area (Å²) < 4.78 is 4.76. The first-order valence-corrected chi connectivity index (χ1v) is 7.78. The second-order valence-electron chi connectivity index (χ2n) is 4.00. The van der Waals surface area contributed by atoms with Gasteiger partial charge >= 0.3 is 0 Å². The standard InChI is InChI=1S/C11H8Br2N4OS/c1-16-10-8(9(13)15-16)11(18)17(5-14-10)4-6-2-3-7(12)19-6/h2-3,5H,4H2,1H3. The summed E-state index contributed by atoms with van der Waals surface area (Å²) in [5.74, 6) is 0. The van der Waals surface area contributed by atoms with Gasteiger partial charge in [0.25, 0.3) is 5.56 Å². The molecule has 0 saturated carbocycles. The summed E-state index contributed by atoms with van der Waals surface area (Å²) in [6.07, 6.45) is 1.56. The predicted molar refractivity (Wildman–Crippen MR) is 81.6 cm³/mol. The first-order chi connectivity index (χ1) is 9.06. The molecule has 5 nitrogen and oxygen atoms in total. The number of halogens is 2. The topological polar surface area (TPSA) is 52.7 Å². The number of rotatable bonds is 2. The smallest absolute Gasteiger partial charge is 0.265 e. The third-order valence-electron chi connectivity index (χ3n) is 2.72. The van der Waals surface area contributed by atoms with E-state index < -0.39 is 0 Å². The lowest BCUT2D eigenvalue weighted by molar-refractivity contribution is 0.744. The van der Waals surface area contributed by atoms with E-state index in [9.17, 15) is 4.79 Å². The second kappa shape index (κ2) is 4.84. The molecule has 0 amide bonds. The fourth-order valence-corrected chi connectivity index (χ4v) is 3.92. The minimum Gasteiger partial charge on any atom is -0.293 e. The van der Waals surface area contributed by atoms with Gasteiger partial charge in [0.05, 0.1) is 10.3 Å². The van der Waals surface area contributed by atoms with Crippen molar-refractivity contribution in [1.82, 2.24) is 19.3 Å². The van der Waals surface area contributed by atoms with E-state index in [0.29, 0.717) is 22.2 Å². The molecule has 0 aliphatic heterocycles. The largest absolute Gasteiger partial charge is 0.293 e. The molecular weight excluding hydrogens is 396 g/mol. The highest BCUT2D eigenvalue weighted by molar-refractivity contribution is 9.11. The van der Waals surface area contributed by atoms with Crippen LogP contribution in [0.4, 0.5) is 0 Å². The Morgan fingerprint density at radius 3 is 2.84 bits per heavy atom. The number of nitrogens with zero attached hydrogens (tertiary/aromatic N) is 4. The van der Waals surface area contributed by atoms with E-state index in [2.05, 4.69) is 41.9 Å². The molecule has 0 saturated heterocycles. The minimum atomic E-state index is -0.0884. The van der Waals surface area contributed by atoms with Crippen molar-refractivity contribution in [3.63, 3.8) is 0 Å². The lowest BCUT2D eigenvalue weighted by atomic mass is 10.4. The van der Waals surface area contributed by atoms with Gasteiger partial charge in [0, 0.05) is 11.9 Å². The third kappa shape index (κ3) is 2.28. The molecular formula is C11H8Br2N4OS. The first kappa shape index (κ1) is 13.0. The molecule has 0 radical (unpaired) electrons. The number of hydrogen-bond acceptors (Lipinski definition) is 4. The maximum Gasteiger partial charge on any atom is 0.265 e.